The van der Waals surface area contributed by atoms with Gasteiger partial charge in [0, 0.05) is 13.2 Å². The van der Waals surface area contributed by atoms with Gasteiger partial charge in [0.05, 0.1) is 85.4 Å². The second-order valence-electron chi connectivity index (χ2n) is 7.54. The molecule has 1 N–H and O–H groups in total. The second kappa shape index (κ2) is 24.0. The molecule has 0 aliphatic rings. The Labute approximate surface area is 199 Å². The molecule has 10 nitrogen and oxygen atoms in total. The van der Waals surface area contributed by atoms with Crippen molar-refractivity contribution in [3.8, 4) is 0 Å². The van der Waals surface area contributed by atoms with E-state index in [1.165, 1.54) is 19.3 Å². The Morgan fingerprint density at radius 2 is 1.27 bits per heavy atom. The zero-order valence-corrected chi connectivity index (χ0v) is 20.8. The second-order valence-corrected chi connectivity index (χ2v) is 7.54. The molecule has 33 heavy (non-hydrogen) atoms. The number of nitrogens with zero attached hydrogens (tertiary/aromatic N) is 3. The fourth-order valence-electron chi connectivity index (χ4n) is 2.74. The molecule has 0 atom stereocenters. The first kappa shape index (κ1) is 29.9. The fourth-order valence-corrected chi connectivity index (χ4v) is 2.74. The summed E-state index contributed by atoms with van der Waals surface area (Å²) in [4.78, 5) is 0. The summed E-state index contributed by atoms with van der Waals surface area (Å²) >= 11 is 0. The van der Waals surface area contributed by atoms with Gasteiger partial charge in [-0.05, 0) is 19.4 Å². The lowest BCUT2D eigenvalue weighted by atomic mass is 10.2. The number of hydrogen-bond acceptors (Lipinski definition) is 9. The Balaban J connectivity index is 1.74. The van der Waals surface area contributed by atoms with Gasteiger partial charge in [0.25, 0.3) is 0 Å². The first-order valence-electron chi connectivity index (χ1n) is 12.4. The van der Waals surface area contributed by atoms with Crippen LogP contribution in [-0.4, -0.2) is 101 Å². The third kappa shape index (κ3) is 20.0. The number of rotatable bonds is 26. The quantitative estimate of drug-likeness (QED) is 0.202. The van der Waals surface area contributed by atoms with Crippen molar-refractivity contribution in [1.29, 1.82) is 0 Å². The molecule has 0 radical (unpaired) electrons. The summed E-state index contributed by atoms with van der Waals surface area (Å²) in [6, 6.07) is 0. The molecule has 1 aromatic heterocycles. The smallest absolute Gasteiger partial charge is 0.108 e. The van der Waals surface area contributed by atoms with Gasteiger partial charge in [-0.15, -0.1) is 5.10 Å². The summed E-state index contributed by atoms with van der Waals surface area (Å²) in [6.07, 6.45) is 6.67. The predicted octanol–water partition coefficient (Wildman–Crippen LogP) is 2.07. The van der Waals surface area contributed by atoms with Crippen molar-refractivity contribution in [2.45, 2.75) is 52.7 Å². The topological polar surface area (TPSA) is 98.1 Å². The molecule has 0 saturated carbocycles. The van der Waals surface area contributed by atoms with Gasteiger partial charge in [0.2, 0.25) is 0 Å². The normalized spacial score (nSPS) is 11.5. The largest absolute Gasteiger partial charge is 0.380 e. The number of hydrogen-bond donors (Lipinski definition) is 1. The van der Waals surface area contributed by atoms with E-state index in [-0.39, 0.29) is 0 Å². The number of ether oxygens (including phenoxy) is 6. The molecule has 194 valence electrons. The average molecular weight is 475 g/mol. The molecule has 0 saturated heterocycles. The third-order valence-corrected chi connectivity index (χ3v) is 4.52. The number of aromatic nitrogens is 3. The molecule has 0 amide bonds. The highest BCUT2D eigenvalue weighted by Gasteiger charge is 2.01. The van der Waals surface area contributed by atoms with Gasteiger partial charge >= 0.3 is 0 Å². The molecule has 0 spiro atoms. The van der Waals surface area contributed by atoms with Crippen molar-refractivity contribution in [2.75, 3.05) is 85.8 Å². The summed E-state index contributed by atoms with van der Waals surface area (Å²) in [5.41, 5.74) is 0.804. The zero-order chi connectivity index (χ0) is 23.7. The van der Waals surface area contributed by atoms with E-state index in [0.717, 1.165) is 38.4 Å². The van der Waals surface area contributed by atoms with Crippen LogP contribution in [0.4, 0.5) is 0 Å². The minimum Gasteiger partial charge on any atom is -0.380 e. The summed E-state index contributed by atoms with van der Waals surface area (Å²) in [5, 5.41) is 11.5. The molecule has 0 aromatic carbocycles. The Morgan fingerprint density at radius 3 is 1.91 bits per heavy atom. The minimum atomic E-state index is 0.423. The maximum absolute atomic E-state index is 5.56. The Morgan fingerprint density at radius 1 is 0.667 bits per heavy atom. The van der Waals surface area contributed by atoms with Gasteiger partial charge in [-0.25, -0.2) is 4.68 Å². The van der Waals surface area contributed by atoms with Crippen molar-refractivity contribution < 1.29 is 28.4 Å². The van der Waals surface area contributed by atoms with Crippen molar-refractivity contribution >= 4 is 0 Å². The van der Waals surface area contributed by atoms with Crippen molar-refractivity contribution in [2.24, 2.45) is 0 Å². The molecule has 0 aliphatic carbocycles. The van der Waals surface area contributed by atoms with E-state index in [4.69, 9.17) is 28.4 Å². The Kier molecular flexibility index (Phi) is 21.7. The van der Waals surface area contributed by atoms with Gasteiger partial charge in [0.15, 0.2) is 0 Å². The fraction of sp³-hybridized carbons (Fsp3) is 0.913. The van der Waals surface area contributed by atoms with Crippen LogP contribution in [-0.2, 0) is 41.6 Å². The summed E-state index contributed by atoms with van der Waals surface area (Å²) in [6.45, 7) is 14.0. The maximum Gasteiger partial charge on any atom is 0.108 e. The molecular weight excluding hydrogens is 428 g/mol. The Bertz CT molecular complexity index is 521. The lowest BCUT2D eigenvalue weighted by Crippen LogP contribution is -2.21. The summed E-state index contributed by atoms with van der Waals surface area (Å²) in [5.74, 6) is 0. The van der Waals surface area contributed by atoms with E-state index in [1.54, 1.807) is 4.68 Å². The predicted molar refractivity (Wildman–Crippen MR) is 126 cm³/mol. The third-order valence-electron chi connectivity index (χ3n) is 4.52. The monoisotopic (exact) mass is 474 g/mol. The first-order valence-corrected chi connectivity index (χ1v) is 12.4. The van der Waals surface area contributed by atoms with Gasteiger partial charge in [-0.2, -0.15) is 0 Å². The molecule has 1 heterocycles. The molecular formula is C23H46N4O6. The lowest BCUT2D eigenvalue weighted by molar-refractivity contribution is -0.0124. The SMILES string of the molecule is CCCCCNCCOCCOCCOCCOCCOCc1cn(CCOCCC)nn1. The van der Waals surface area contributed by atoms with E-state index in [2.05, 4.69) is 29.5 Å². The van der Waals surface area contributed by atoms with Crippen LogP contribution in [0.25, 0.3) is 0 Å². The van der Waals surface area contributed by atoms with Gasteiger partial charge in [-0.3, -0.25) is 0 Å². The molecule has 0 fully saturated rings. The first-order chi connectivity index (χ1) is 16.4. The molecule has 0 aliphatic heterocycles. The van der Waals surface area contributed by atoms with Crippen LogP contribution in [0.15, 0.2) is 6.20 Å². The maximum atomic E-state index is 5.56. The van der Waals surface area contributed by atoms with Crippen molar-refractivity contribution in [3.63, 3.8) is 0 Å². The van der Waals surface area contributed by atoms with Crippen LogP contribution in [0.3, 0.4) is 0 Å². The highest BCUT2D eigenvalue weighted by Crippen LogP contribution is 1.97. The lowest BCUT2D eigenvalue weighted by Gasteiger charge is -2.08. The number of nitrogens with one attached hydrogen (secondary N) is 1. The zero-order valence-electron chi connectivity index (χ0n) is 20.8. The van der Waals surface area contributed by atoms with Crippen LogP contribution < -0.4 is 5.32 Å². The summed E-state index contributed by atoms with van der Waals surface area (Å²) in [7, 11) is 0. The molecule has 0 unspecified atom stereocenters. The minimum absolute atomic E-state index is 0.423. The molecule has 10 heteroatoms. The van der Waals surface area contributed by atoms with E-state index < -0.39 is 0 Å². The van der Waals surface area contributed by atoms with Gasteiger partial charge in [-0.1, -0.05) is 31.9 Å². The van der Waals surface area contributed by atoms with Crippen LogP contribution in [0.5, 0.6) is 0 Å². The van der Waals surface area contributed by atoms with Gasteiger partial charge < -0.3 is 33.7 Å². The molecule has 0 bridgehead atoms. The standard InChI is InChI=1S/C23H46N4O6/c1-3-5-6-7-24-8-11-29-13-14-30-15-16-31-17-18-32-19-20-33-22-23-21-27(26-25-23)9-12-28-10-4-2/h21,24H,3-20,22H2,1-2H3. The van der Waals surface area contributed by atoms with E-state index in [0.29, 0.717) is 72.6 Å². The van der Waals surface area contributed by atoms with E-state index in [1.807, 2.05) is 6.20 Å². The molecule has 1 rings (SSSR count). The average Bonchev–Trinajstić information content (AvgIpc) is 3.28. The Hall–Kier alpha value is -1.14. The van der Waals surface area contributed by atoms with Crippen LogP contribution in [0.2, 0.25) is 0 Å². The van der Waals surface area contributed by atoms with Crippen molar-refractivity contribution in [3.05, 3.63) is 11.9 Å². The van der Waals surface area contributed by atoms with Gasteiger partial charge in [0.1, 0.15) is 5.69 Å². The van der Waals surface area contributed by atoms with Crippen LogP contribution in [0.1, 0.15) is 45.2 Å². The number of unbranched alkanes of at least 4 members (excludes halogenated alkanes) is 2. The van der Waals surface area contributed by atoms with Crippen molar-refractivity contribution in [1.82, 2.24) is 20.3 Å². The van der Waals surface area contributed by atoms with E-state index >= 15 is 0 Å². The summed E-state index contributed by atoms with van der Waals surface area (Å²) < 4.78 is 34.7. The molecule has 1 aromatic rings. The van der Waals surface area contributed by atoms with Crippen LogP contribution >= 0.6 is 0 Å². The highest BCUT2D eigenvalue weighted by atomic mass is 16.6. The van der Waals surface area contributed by atoms with Crippen LogP contribution in [0, 0.1) is 0 Å². The van der Waals surface area contributed by atoms with E-state index in [9.17, 15) is 0 Å². The highest BCUT2D eigenvalue weighted by molar-refractivity contribution is 4.89.